The topological polar surface area (TPSA) is 70.9 Å². The average molecular weight is 431 g/mol. The smallest absolute Gasteiger partial charge is 0.427 e. The third-order valence-corrected chi connectivity index (χ3v) is 9.83. The molecule has 174 valence electrons. The van der Waals surface area contributed by atoms with Crippen LogP contribution in [0.3, 0.4) is 0 Å². The largest absolute Gasteiger partial charge is 0.449 e. The molecule has 3 saturated carbocycles. The van der Waals surface area contributed by atoms with Crippen LogP contribution in [0.25, 0.3) is 0 Å². The summed E-state index contributed by atoms with van der Waals surface area (Å²) >= 11 is 0. The van der Waals surface area contributed by atoms with E-state index in [-0.39, 0.29) is 16.9 Å². The molecule has 4 aliphatic rings. The van der Waals surface area contributed by atoms with Crippen molar-refractivity contribution in [1.29, 1.82) is 0 Å². The number of rotatable bonds is 4. The maximum absolute atomic E-state index is 11.8. The highest BCUT2D eigenvalue weighted by molar-refractivity contribution is 5.86. The average Bonchev–Trinajstić information content (AvgIpc) is 3.05. The molecular weight excluding hydrogens is 388 g/mol. The molecule has 1 amide bonds. The number of ether oxygens (including phenoxy) is 1. The van der Waals surface area contributed by atoms with Crippen LogP contribution in [0, 0.1) is 40.4 Å². The van der Waals surface area contributed by atoms with Crippen molar-refractivity contribution in [2.75, 3.05) is 6.61 Å². The van der Waals surface area contributed by atoms with Gasteiger partial charge in [0.15, 0.2) is 0 Å². The molecule has 0 aromatic heterocycles. The van der Waals surface area contributed by atoms with E-state index in [9.17, 15) is 9.90 Å². The minimum atomic E-state index is -0.462. The van der Waals surface area contributed by atoms with Crippen molar-refractivity contribution in [1.82, 2.24) is 5.43 Å². The number of fused-ring (bicyclic) bond motifs is 5. The number of hydrogen-bond acceptors (Lipinski definition) is 4. The first-order valence-electron chi connectivity index (χ1n) is 12.6. The molecular formula is C26H42N2O3. The van der Waals surface area contributed by atoms with Crippen LogP contribution in [0.5, 0.6) is 0 Å². The molecule has 0 heterocycles. The van der Waals surface area contributed by atoms with Gasteiger partial charge < -0.3 is 9.84 Å². The first kappa shape index (κ1) is 22.8. The highest BCUT2D eigenvalue weighted by Gasteiger charge is 2.61. The summed E-state index contributed by atoms with van der Waals surface area (Å²) < 4.78 is 5.00. The summed E-state index contributed by atoms with van der Waals surface area (Å²) in [5, 5.41) is 14.7. The number of hydrazone groups is 1. The Morgan fingerprint density at radius 3 is 2.74 bits per heavy atom. The van der Waals surface area contributed by atoms with E-state index in [4.69, 9.17) is 4.74 Å². The number of carbonyl (C=O) groups is 1. The molecule has 31 heavy (non-hydrogen) atoms. The standard InChI is InChI=1S/C26H42N2O3/c1-6-17-14-22-20-9-8-18-15-19(29)10-12-25(18,4)21(20)11-13-26(22,5)23(17)16(3)27-28-24(30)31-7-2/h8,17,19-23,29H,6-7,9-15H2,1-5H3,(H,28,30)/b27-16+/t17-,19+,20+,21-,22+,23+,25+,26+/m1/s1. The summed E-state index contributed by atoms with van der Waals surface area (Å²) in [6, 6.07) is 0. The van der Waals surface area contributed by atoms with Gasteiger partial charge in [-0.1, -0.05) is 38.8 Å². The zero-order chi connectivity index (χ0) is 22.4. The van der Waals surface area contributed by atoms with Crippen LogP contribution >= 0.6 is 0 Å². The van der Waals surface area contributed by atoms with Crippen LogP contribution in [0.2, 0.25) is 0 Å². The maximum Gasteiger partial charge on any atom is 0.427 e. The van der Waals surface area contributed by atoms with Crippen molar-refractivity contribution in [3.05, 3.63) is 11.6 Å². The second-order valence-electron chi connectivity index (χ2n) is 11.2. The van der Waals surface area contributed by atoms with Crippen LogP contribution in [-0.2, 0) is 4.74 Å². The second kappa shape index (κ2) is 8.53. The van der Waals surface area contributed by atoms with Gasteiger partial charge in [-0.3, -0.25) is 0 Å². The van der Waals surface area contributed by atoms with Gasteiger partial charge in [0, 0.05) is 11.6 Å². The van der Waals surface area contributed by atoms with Gasteiger partial charge in [-0.2, -0.15) is 5.10 Å². The number of amides is 1. The van der Waals surface area contributed by atoms with E-state index < -0.39 is 6.09 Å². The lowest BCUT2D eigenvalue weighted by molar-refractivity contribution is -0.0425. The summed E-state index contributed by atoms with van der Waals surface area (Å²) in [4.78, 5) is 11.8. The molecule has 2 N–H and O–H groups in total. The number of aliphatic hydroxyl groups excluding tert-OH is 1. The van der Waals surface area contributed by atoms with E-state index in [1.165, 1.54) is 31.3 Å². The number of hydrogen-bond donors (Lipinski definition) is 2. The number of aliphatic hydroxyl groups is 1. The molecule has 3 fully saturated rings. The molecule has 4 aliphatic carbocycles. The number of nitrogens with zero attached hydrogens (tertiary/aromatic N) is 1. The Hall–Kier alpha value is -1.36. The summed E-state index contributed by atoms with van der Waals surface area (Å²) in [5.41, 5.74) is 5.72. The Kier molecular flexibility index (Phi) is 6.28. The molecule has 0 unspecified atom stereocenters. The van der Waals surface area contributed by atoms with Crippen molar-refractivity contribution in [2.45, 2.75) is 92.1 Å². The molecule has 0 aliphatic heterocycles. The van der Waals surface area contributed by atoms with Crippen molar-refractivity contribution in [3.63, 3.8) is 0 Å². The molecule has 0 bridgehead atoms. The van der Waals surface area contributed by atoms with Crippen LogP contribution in [0.4, 0.5) is 4.79 Å². The van der Waals surface area contributed by atoms with Crippen molar-refractivity contribution < 1.29 is 14.6 Å². The fourth-order valence-electron chi connectivity index (χ4n) is 8.41. The number of allylic oxidation sites excluding steroid dienone is 1. The van der Waals surface area contributed by atoms with Gasteiger partial charge in [-0.15, -0.1) is 0 Å². The first-order chi connectivity index (χ1) is 14.7. The second-order valence-corrected chi connectivity index (χ2v) is 11.2. The Balaban J connectivity index is 1.60. The maximum atomic E-state index is 11.8. The highest BCUT2D eigenvalue weighted by Crippen LogP contribution is 2.67. The van der Waals surface area contributed by atoms with Crippen LogP contribution < -0.4 is 5.43 Å². The van der Waals surface area contributed by atoms with Crippen molar-refractivity contribution >= 4 is 11.8 Å². The molecule has 4 rings (SSSR count). The van der Waals surface area contributed by atoms with E-state index in [0.29, 0.717) is 24.4 Å². The van der Waals surface area contributed by atoms with Gasteiger partial charge >= 0.3 is 6.09 Å². The molecule has 8 atom stereocenters. The molecule has 0 radical (unpaired) electrons. The lowest BCUT2D eigenvalue weighted by Gasteiger charge is -2.58. The Bertz CT molecular complexity index is 762. The van der Waals surface area contributed by atoms with Crippen LogP contribution in [0.15, 0.2) is 16.8 Å². The highest BCUT2D eigenvalue weighted by atomic mass is 16.5. The van der Waals surface area contributed by atoms with E-state index in [0.717, 1.165) is 43.2 Å². The Morgan fingerprint density at radius 2 is 2.03 bits per heavy atom. The molecule has 5 nitrogen and oxygen atoms in total. The monoisotopic (exact) mass is 430 g/mol. The van der Waals surface area contributed by atoms with Crippen molar-refractivity contribution in [2.24, 2.45) is 45.5 Å². The normalized spacial score (nSPS) is 44.6. The number of nitrogens with one attached hydrogen (secondary N) is 1. The Labute approximate surface area is 188 Å². The zero-order valence-electron chi connectivity index (χ0n) is 20.1. The lowest BCUT2D eigenvalue weighted by Crippen LogP contribution is -2.51. The van der Waals surface area contributed by atoms with Crippen molar-refractivity contribution in [3.8, 4) is 0 Å². The quantitative estimate of drug-likeness (QED) is 0.342. The lowest BCUT2D eigenvalue weighted by atomic mass is 9.47. The first-order valence-corrected chi connectivity index (χ1v) is 12.6. The van der Waals surface area contributed by atoms with Gasteiger partial charge in [-0.05, 0) is 93.3 Å². The van der Waals surface area contributed by atoms with Gasteiger partial charge in [0.05, 0.1) is 12.7 Å². The van der Waals surface area contributed by atoms with E-state index >= 15 is 0 Å². The van der Waals surface area contributed by atoms with Gasteiger partial charge in [-0.25, -0.2) is 10.2 Å². The zero-order valence-corrected chi connectivity index (χ0v) is 20.1. The summed E-state index contributed by atoms with van der Waals surface area (Å²) in [6.07, 6.45) is 11.0. The van der Waals surface area contributed by atoms with E-state index in [1.807, 2.05) is 6.92 Å². The van der Waals surface area contributed by atoms with E-state index in [1.54, 1.807) is 0 Å². The minimum Gasteiger partial charge on any atom is -0.449 e. The number of carbonyl (C=O) groups excluding carboxylic acids is 1. The molecule has 0 aromatic rings. The molecule has 5 heteroatoms. The van der Waals surface area contributed by atoms with Gasteiger partial charge in [0.25, 0.3) is 0 Å². The fraction of sp³-hybridized carbons (Fsp3) is 0.846. The molecule has 0 aromatic carbocycles. The van der Waals surface area contributed by atoms with Gasteiger partial charge in [0.1, 0.15) is 0 Å². The SMILES string of the molecule is CCOC(=O)N/N=C(\C)[C@H]1[C@H](CC)C[C@H]2[C@H]3CC=C4C[C@@H](O)CC[C@]4(C)[C@@H]3CC[C@@]21C. The van der Waals surface area contributed by atoms with E-state index in [2.05, 4.69) is 44.3 Å². The van der Waals surface area contributed by atoms with Crippen LogP contribution in [-0.4, -0.2) is 29.6 Å². The third-order valence-electron chi connectivity index (χ3n) is 9.83. The predicted octanol–water partition coefficient (Wildman–Crippen LogP) is 5.68. The summed E-state index contributed by atoms with van der Waals surface area (Å²) in [6.45, 7) is 11.6. The summed E-state index contributed by atoms with van der Waals surface area (Å²) in [7, 11) is 0. The minimum absolute atomic E-state index is 0.143. The Morgan fingerprint density at radius 1 is 1.26 bits per heavy atom. The molecule has 0 spiro atoms. The van der Waals surface area contributed by atoms with Crippen LogP contribution in [0.1, 0.15) is 86.0 Å². The predicted molar refractivity (Wildman–Crippen MR) is 124 cm³/mol. The third kappa shape index (κ3) is 3.75. The molecule has 0 saturated heterocycles. The fourth-order valence-corrected chi connectivity index (χ4v) is 8.41. The summed E-state index contributed by atoms with van der Waals surface area (Å²) in [5.74, 6) is 3.21. The van der Waals surface area contributed by atoms with Gasteiger partial charge in [0.2, 0.25) is 0 Å².